The lowest BCUT2D eigenvalue weighted by atomic mass is 9.87. The van der Waals surface area contributed by atoms with Crippen LogP contribution in [0.4, 0.5) is 0 Å². The highest BCUT2D eigenvalue weighted by atomic mass is 32.2. The van der Waals surface area contributed by atoms with Crippen molar-refractivity contribution in [3.8, 4) is 28.6 Å². The van der Waals surface area contributed by atoms with Gasteiger partial charge >= 0.3 is 0 Å². The number of nitrogens with one attached hydrogen (secondary N) is 1. The third kappa shape index (κ3) is 6.86. The van der Waals surface area contributed by atoms with E-state index in [1.54, 1.807) is 14.2 Å². The predicted octanol–water partition coefficient (Wildman–Crippen LogP) is 5.88. The van der Waals surface area contributed by atoms with Crippen molar-refractivity contribution in [2.24, 2.45) is 5.10 Å². The maximum Gasteiger partial charge on any atom is 0.250 e. The van der Waals surface area contributed by atoms with Gasteiger partial charge in [-0.15, -0.1) is 10.2 Å². The van der Waals surface area contributed by atoms with Gasteiger partial charge in [0.05, 0.1) is 25.7 Å². The van der Waals surface area contributed by atoms with Gasteiger partial charge in [0.2, 0.25) is 0 Å². The molecule has 1 amide bonds. The molecule has 0 aliphatic carbocycles. The first kappa shape index (κ1) is 27.9. The van der Waals surface area contributed by atoms with Crippen molar-refractivity contribution in [2.75, 3.05) is 20.0 Å². The number of hydrogen-bond acceptors (Lipinski definition) is 7. The Balaban J connectivity index is 1.55. The second kappa shape index (κ2) is 12.2. The Morgan fingerprint density at radius 3 is 2.28 bits per heavy atom. The van der Waals surface area contributed by atoms with E-state index in [0.29, 0.717) is 16.7 Å². The molecule has 0 spiro atoms. The average molecular weight is 544 g/mol. The van der Waals surface area contributed by atoms with Gasteiger partial charge in [-0.25, -0.2) is 5.43 Å². The van der Waals surface area contributed by atoms with Gasteiger partial charge in [-0.3, -0.25) is 9.36 Å². The SMILES string of the molecule is COc1ccc(-n2c(SCC(=O)NN=C(C)c3cccc(OC)c3)nnc2-c2ccc(C(C)(C)C)cc2)cc1. The molecule has 0 saturated heterocycles. The van der Waals surface area contributed by atoms with Crippen LogP contribution in [-0.2, 0) is 10.2 Å². The van der Waals surface area contributed by atoms with E-state index in [4.69, 9.17) is 9.47 Å². The van der Waals surface area contributed by atoms with Crippen LogP contribution in [0.1, 0.15) is 38.8 Å². The zero-order valence-corrected chi connectivity index (χ0v) is 23.9. The number of hydrazone groups is 1. The molecule has 0 aliphatic rings. The molecular formula is C30H33N5O3S. The number of ether oxygens (including phenoxy) is 2. The summed E-state index contributed by atoms with van der Waals surface area (Å²) in [6.45, 7) is 8.39. The summed E-state index contributed by atoms with van der Waals surface area (Å²) in [7, 11) is 3.25. The Bertz CT molecular complexity index is 1460. The molecule has 0 atom stereocenters. The fraction of sp³-hybridized carbons (Fsp3) is 0.267. The van der Waals surface area contributed by atoms with Crippen molar-refractivity contribution in [3.63, 3.8) is 0 Å². The van der Waals surface area contributed by atoms with Crippen molar-refractivity contribution >= 4 is 23.4 Å². The molecule has 0 saturated carbocycles. The van der Waals surface area contributed by atoms with E-state index >= 15 is 0 Å². The van der Waals surface area contributed by atoms with Gasteiger partial charge in [-0.05, 0) is 54.3 Å². The molecule has 0 radical (unpaired) electrons. The number of benzene rings is 3. The van der Waals surface area contributed by atoms with Gasteiger partial charge < -0.3 is 9.47 Å². The van der Waals surface area contributed by atoms with Crippen molar-refractivity contribution < 1.29 is 14.3 Å². The number of hydrogen-bond donors (Lipinski definition) is 1. The lowest BCUT2D eigenvalue weighted by Crippen LogP contribution is -2.21. The summed E-state index contributed by atoms with van der Waals surface area (Å²) in [5.41, 5.74) is 7.25. The minimum atomic E-state index is -0.248. The summed E-state index contributed by atoms with van der Waals surface area (Å²) in [5, 5.41) is 13.8. The standard InChI is InChI=1S/C30H33N5O3S/c1-20(22-8-7-9-26(18-22)38-6)31-32-27(36)19-39-29-34-33-28(21-10-12-23(13-11-21)30(2,3)4)35(29)24-14-16-25(37-5)17-15-24/h7-18H,19H2,1-6H3,(H,32,36). The van der Waals surface area contributed by atoms with Crippen molar-refractivity contribution in [1.29, 1.82) is 0 Å². The average Bonchev–Trinajstić information content (AvgIpc) is 3.38. The summed E-state index contributed by atoms with van der Waals surface area (Å²) >= 11 is 1.29. The van der Waals surface area contributed by atoms with E-state index in [0.717, 1.165) is 28.3 Å². The molecule has 202 valence electrons. The van der Waals surface area contributed by atoms with Crippen molar-refractivity contribution in [1.82, 2.24) is 20.2 Å². The number of nitrogens with zero attached hydrogens (tertiary/aromatic N) is 4. The first-order valence-corrected chi connectivity index (χ1v) is 13.5. The fourth-order valence-electron chi connectivity index (χ4n) is 3.85. The van der Waals surface area contributed by atoms with E-state index in [-0.39, 0.29) is 17.1 Å². The summed E-state index contributed by atoms with van der Waals surface area (Å²) in [4.78, 5) is 12.7. The molecule has 1 N–H and O–H groups in total. The van der Waals surface area contributed by atoms with Crippen LogP contribution in [-0.4, -0.2) is 46.4 Å². The van der Waals surface area contributed by atoms with Gasteiger partial charge in [0, 0.05) is 16.8 Å². The van der Waals surface area contributed by atoms with Gasteiger partial charge in [0.1, 0.15) is 11.5 Å². The Morgan fingerprint density at radius 2 is 1.64 bits per heavy atom. The Labute approximate surface area is 233 Å². The quantitative estimate of drug-likeness (QED) is 0.161. The zero-order chi connectivity index (χ0) is 28.0. The minimum absolute atomic E-state index is 0.0456. The van der Waals surface area contributed by atoms with Gasteiger partial charge in [0.25, 0.3) is 5.91 Å². The van der Waals surface area contributed by atoms with Crippen molar-refractivity contribution in [2.45, 2.75) is 38.3 Å². The molecule has 9 heteroatoms. The molecule has 0 fully saturated rings. The van der Waals surface area contributed by atoms with Crippen LogP contribution in [0.25, 0.3) is 17.1 Å². The van der Waals surface area contributed by atoms with Crippen LogP contribution >= 0.6 is 11.8 Å². The normalized spacial score (nSPS) is 11.8. The van der Waals surface area contributed by atoms with E-state index in [9.17, 15) is 4.79 Å². The molecule has 0 aliphatic heterocycles. The summed E-state index contributed by atoms with van der Waals surface area (Å²) < 4.78 is 12.5. The summed E-state index contributed by atoms with van der Waals surface area (Å²) in [6.07, 6.45) is 0. The number of carbonyl (C=O) groups excluding carboxylic acids is 1. The van der Waals surface area contributed by atoms with Crippen LogP contribution in [0.5, 0.6) is 11.5 Å². The van der Waals surface area contributed by atoms with E-state index < -0.39 is 0 Å². The largest absolute Gasteiger partial charge is 0.497 e. The third-order valence-electron chi connectivity index (χ3n) is 6.14. The molecule has 0 bridgehead atoms. The van der Waals surface area contributed by atoms with Crippen LogP contribution < -0.4 is 14.9 Å². The molecule has 1 aromatic heterocycles. The Hall–Kier alpha value is -4.11. The fourth-order valence-corrected chi connectivity index (χ4v) is 4.60. The summed E-state index contributed by atoms with van der Waals surface area (Å²) in [6, 6.07) is 23.5. The van der Waals surface area contributed by atoms with Crippen LogP contribution in [0, 0.1) is 0 Å². The van der Waals surface area contributed by atoms with Gasteiger partial charge in [-0.2, -0.15) is 5.10 Å². The number of amides is 1. The van der Waals surface area contributed by atoms with Crippen LogP contribution in [0.3, 0.4) is 0 Å². The number of rotatable bonds is 9. The highest BCUT2D eigenvalue weighted by molar-refractivity contribution is 7.99. The molecule has 4 aromatic rings. The predicted molar refractivity (Wildman–Crippen MR) is 156 cm³/mol. The number of aromatic nitrogens is 3. The van der Waals surface area contributed by atoms with Gasteiger partial charge in [0.15, 0.2) is 11.0 Å². The Kier molecular flexibility index (Phi) is 8.71. The maximum absolute atomic E-state index is 12.7. The molecule has 0 unspecified atom stereocenters. The molecule has 3 aromatic carbocycles. The lowest BCUT2D eigenvalue weighted by Gasteiger charge is -2.19. The number of carbonyl (C=O) groups is 1. The van der Waals surface area contributed by atoms with E-state index in [2.05, 4.69) is 65.8 Å². The van der Waals surface area contributed by atoms with Gasteiger partial charge in [-0.1, -0.05) is 68.9 Å². The number of methoxy groups -OCH3 is 2. The molecular weight excluding hydrogens is 510 g/mol. The minimum Gasteiger partial charge on any atom is -0.497 e. The third-order valence-corrected chi connectivity index (χ3v) is 7.07. The lowest BCUT2D eigenvalue weighted by molar-refractivity contribution is -0.118. The van der Waals surface area contributed by atoms with Crippen LogP contribution in [0.2, 0.25) is 0 Å². The van der Waals surface area contributed by atoms with Crippen LogP contribution in [0.15, 0.2) is 83.1 Å². The monoisotopic (exact) mass is 543 g/mol. The smallest absolute Gasteiger partial charge is 0.250 e. The number of thioether (sulfide) groups is 1. The molecule has 39 heavy (non-hydrogen) atoms. The highest BCUT2D eigenvalue weighted by Crippen LogP contribution is 2.30. The summed E-state index contributed by atoms with van der Waals surface area (Å²) in [5.74, 6) is 2.04. The zero-order valence-electron chi connectivity index (χ0n) is 23.1. The maximum atomic E-state index is 12.7. The Morgan fingerprint density at radius 1 is 0.949 bits per heavy atom. The van der Waals surface area contributed by atoms with Crippen molar-refractivity contribution in [3.05, 3.63) is 83.9 Å². The first-order valence-electron chi connectivity index (χ1n) is 12.5. The topological polar surface area (TPSA) is 90.6 Å². The highest BCUT2D eigenvalue weighted by Gasteiger charge is 2.19. The molecule has 4 rings (SSSR count). The second-order valence-electron chi connectivity index (χ2n) is 9.92. The van der Waals surface area contributed by atoms with E-state index in [1.807, 2.05) is 60.0 Å². The van der Waals surface area contributed by atoms with E-state index in [1.165, 1.54) is 17.3 Å². The first-order chi connectivity index (χ1) is 18.7. The second-order valence-corrected chi connectivity index (χ2v) is 10.9. The molecule has 8 nitrogen and oxygen atoms in total. The molecule has 1 heterocycles.